The van der Waals surface area contributed by atoms with E-state index in [4.69, 9.17) is 16.0 Å². The van der Waals surface area contributed by atoms with Crippen LogP contribution in [0.15, 0.2) is 33.3 Å². The first kappa shape index (κ1) is 16.5. The molecule has 0 spiro atoms. The van der Waals surface area contributed by atoms with Gasteiger partial charge in [0.25, 0.3) is 0 Å². The predicted molar refractivity (Wildman–Crippen MR) is 90.7 cm³/mol. The highest BCUT2D eigenvalue weighted by Crippen LogP contribution is 2.29. The molecule has 0 atom stereocenters. The summed E-state index contributed by atoms with van der Waals surface area (Å²) in [6.45, 7) is 6.45. The second-order valence-electron chi connectivity index (χ2n) is 5.45. The molecule has 1 aromatic carbocycles. The van der Waals surface area contributed by atoms with Gasteiger partial charge >= 0.3 is 0 Å². The van der Waals surface area contributed by atoms with E-state index in [1.54, 1.807) is 6.20 Å². The first-order valence-corrected chi connectivity index (χ1v) is 8.34. The number of nitrogens with zero attached hydrogens (tertiary/aromatic N) is 1. The van der Waals surface area contributed by atoms with Crippen LogP contribution in [0.4, 0.5) is 0 Å². The largest absolute Gasteiger partial charge is 0.441 e. The van der Waals surface area contributed by atoms with Gasteiger partial charge in [-0.05, 0) is 59.6 Å². The maximum Gasteiger partial charge on any atom is 0.194 e. The van der Waals surface area contributed by atoms with Gasteiger partial charge in [0.05, 0.1) is 11.2 Å². The molecular formula is C16H20BrClN2O. The number of nitrogens with one attached hydrogen (secondary N) is 1. The van der Waals surface area contributed by atoms with Crippen LogP contribution in [-0.2, 0) is 6.42 Å². The fraction of sp³-hybridized carbons (Fsp3) is 0.438. The molecule has 2 rings (SSSR count). The summed E-state index contributed by atoms with van der Waals surface area (Å²) in [5.41, 5.74) is 0.944. The Hall–Kier alpha value is -0.840. The molecule has 0 saturated heterocycles. The van der Waals surface area contributed by atoms with Crippen molar-refractivity contribution in [2.45, 2.75) is 26.7 Å². The van der Waals surface area contributed by atoms with Gasteiger partial charge in [0.2, 0.25) is 0 Å². The van der Waals surface area contributed by atoms with Gasteiger partial charge in [-0.2, -0.15) is 0 Å². The topological polar surface area (TPSA) is 38.1 Å². The molecule has 0 fully saturated rings. The zero-order chi connectivity index (χ0) is 15.2. The number of aryl methyl sites for hydroxylation is 1. The maximum atomic E-state index is 6.10. The number of halogens is 2. The fourth-order valence-corrected chi connectivity index (χ4v) is 2.39. The minimum Gasteiger partial charge on any atom is -0.441 e. The van der Waals surface area contributed by atoms with E-state index >= 15 is 0 Å². The average molecular weight is 372 g/mol. The lowest BCUT2D eigenvalue weighted by Crippen LogP contribution is -2.21. The van der Waals surface area contributed by atoms with E-state index in [1.807, 2.05) is 18.2 Å². The maximum absolute atomic E-state index is 6.10. The molecule has 0 aliphatic carbocycles. The second kappa shape index (κ2) is 7.97. The van der Waals surface area contributed by atoms with Crippen molar-refractivity contribution in [3.63, 3.8) is 0 Å². The predicted octanol–water partition coefficient (Wildman–Crippen LogP) is 4.94. The van der Waals surface area contributed by atoms with E-state index < -0.39 is 0 Å². The Labute approximate surface area is 139 Å². The van der Waals surface area contributed by atoms with Crippen LogP contribution in [0.2, 0.25) is 5.02 Å². The van der Waals surface area contributed by atoms with Crippen LogP contribution in [0, 0.1) is 5.92 Å². The highest BCUT2D eigenvalue weighted by molar-refractivity contribution is 9.10. The van der Waals surface area contributed by atoms with Crippen molar-refractivity contribution < 1.29 is 4.42 Å². The Morgan fingerprint density at radius 1 is 1.38 bits per heavy atom. The molecule has 5 heteroatoms. The second-order valence-corrected chi connectivity index (χ2v) is 6.71. The molecule has 0 aliphatic heterocycles. The monoisotopic (exact) mass is 370 g/mol. The van der Waals surface area contributed by atoms with Crippen molar-refractivity contribution in [2.24, 2.45) is 5.92 Å². The van der Waals surface area contributed by atoms with Crippen LogP contribution in [0.3, 0.4) is 0 Å². The minimum atomic E-state index is 0.670. The number of hydrogen-bond acceptors (Lipinski definition) is 3. The van der Waals surface area contributed by atoms with Gasteiger partial charge in [-0.15, -0.1) is 0 Å². The van der Waals surface area contributed by atoms with Crippen molar-refractivity contribution >= 4 is 27.5 Å². The van der Waals surface area contributed by atoms with Crippen LogP contribution >= 0.6 is 27.5 Å². The van der Waals surface area contributed by atoms with Crippen molar-refractivity contribution in [1.29, 1.82) is 0 Å². The summed E-state index contributed by atoms with van der Waals surface area (Å²) in [4.78, 5) is 4.33. The zero-order valence-corrected chi connectivity index (χ0v) is 14.7. The number of oxazole rings is 1. The summed E-state index contributed by atoms with van der Waals surface area (Å²) < 4.78 is 6.66. The average Bonchev–Trinajstić information content (AvgIpc) is 2.90. The Balaban J connectivity index is 1.87. The van der Waals surface area contributed by atoms with Gasteiger partial charge in [0, 0.05) is 16.5 Å². The first-order valence-electron chi connectivity index (χ1n) is 7.17. The number of rotatable bonds is 7. The Kier molecular flexibility index (Phi) is 6.27. The van der Waals surface area contributed by atoms with Crippen molar-refractivity contribution in [2.75, 3.05) is 13.1 Å². The molecule has 1 aromatic heterocycles. The molecule has 0 bridgehead atoms. The Morgan fingerprint density at radius 2 is 2.19 bits per heavy atom. The van der Waals surface area contributed by atoms with Crippen LogP contribution < -0.4 is 5.32 Å². The molecule has 1 N–H and O–H groups in total. The van der Waals surface area contributed by atoms with Gasteiger partial charge in [-0.1, -0.05) is 25.4 Å². The fourth-order valence-electron chi connectivity index (χ4n) is 1.96. The third-order valence-electron chi connectivity index (χ3n) is 3.05. The van der Waals surface area contributed by atoms with Crippen LogP contribution in [0.1, 0.15) is 26.2 Å². The minimum absolute atomic E-state index is 0.670. The zero-order valence-electron chi connectivity index (χ0n) is 12.3. The molecule has 0 aliphatic rings. The van der Waals surface area contributed by atoms with Gasteiger partial charge in [0.1, 0.15) is 0 Å². The Bertz CT molecular complexity index is 583. The van der Waals surface area contributed by atoms with E-state index in [-0.39, 0.29) is 0 Å². The summed E-state index contributed by atoms with van der Waals surface area (Å²) in [6.07, 6.45) is 3.62. The van der Waals surface area contributed by atoms with Gasteiger partial charge in [-0.3, -0.25) is 0 Å². The summed E-state index contributed by atoms with van der Waals surface area (Å²) in [5.74, 6) is 2.21. The quantitative estimate of drug-likeness (QED) is 0.701. The molecule has 21 heavy (non-hydrogen) atoms. The van der Waals surface area contributed by atoms with Crippen molar-refractivity contribution in [3.8, 4) is 11.3 Å². The third kappa shape index (κ3) is 5.13. The first-order chi connectivity index (χ1) is 10.1. The molecule has 0 radical (unpaired) electrons. The molecule has 3 nitrogen and oxygen atoms in total. The lowest BCUT2D eigenvalue weighted by Gasteiger charge is -2.05. The van der Waals surface area contributed by atoms with Gasteiger partial charge < -0.3 is 9.73 Å². The van der Waals surface area contributed by atoms with Gasteiger partial charge in [0.15, 0.2) is 11.7 Å². The van der Waals surface area contributed by atoms with E-state index in [0.717, 1.165) is 47.6 Å². The smallest absolute Gasteiger partial charge is 0.194 e. The molecule has 0 amide bonds. The lowest BCUT2D eigenvalue weighted by molar-refractivity contribution is 0.483. The molecular weight excluding hydrogens is 352 g/mol. The van der Waals surface area contributed by atoms with Crippen molar-refractivity contribution in [1.82, 2.24) is 10.3 Å². The standard InChI is InChI=1S/C16H20BrClN2O/c1-11(2)9-19-7-3-4-16-20-10-15(21-16)12-5-6-13(17)14(18)8-12/h5-6,8,10-11,19H,3-4,7,9H2,1-2H3. The number of hydrogen-bond donors (Lipinski definition) is 1. The molecule has 1 heterocycles. The van der Waals surface area contributed by atoms with Crippen LogP contribution in [-0.4, -0.2) is 18.1 Å². The molecule has 0 saturated carbocycles. The summed E-state index contributed by atoms with van der Waals surface area (Å²) in [6, 6.07) is 5.75. The van der Waals surface area contributed by atoms with Crippen molar-refractivity contribution in [3.05, 3.63) is 39.8 Å². The summed E-state index contributed by atoms with van der Waals surface area (Å²) in [5, 5.41) is 4.08. The van der Waals surface area contributed by atoms with Gasteiger partial charge in [-0.25, -0.2) is 4.98 Å². The number of benzene rings is 1. The number of aromatic nitrogens is 1. The highest BCUT2D eigenvalue weighted by atomic mass is 79.9. The van der Waals surface area contributed by atoms with E-state index in [0.29, 0.717) is 10.9 Å². The van der Waals surface area contributed by atoms with E-state index in [1.165, 1.54) is 0 Å². The van der Waals surface area contributed by atoms with Crippen LogP contribution in [0.5, 0.6) is 0 Å². The Morgan fingerprint density at radius 3 is 2.90 bits per heavy atom. The van der Waals surface area contributed by atoms with Crippen LogP contribution in [0.25, 0.3) is 11.3 Å². The van der Waals surface area contributed by atoms with E-state index in [2.05, 4.69) is 40.1 Å². The SMILES string of the molecule is CC(C)CNCCCc1ncc(-c2ccc(Br)c(Cl)c2)o1. The summed E-state index contributed by atoms with van der Waals surface area (Å²) in [7, 11) is 0. The normalized spacial score (nSPS) is 11.3. The molecule has 114 valence electrons. The molecule has 0 unspecified atom stereocenters. The highest BCUT2D eigenvalue weighted by Gasteiger charge is 2.08. The summed E-state index contributed by atoms with van der Waals surface area (Å²) >= 11 is 9.48. The third-order valence-corrected chi connectivity index (χ3v) is 4.29. The lowest BCUT2D eigenvalue weighted by atomic mass is 10.2. The molecule has 2 aromatic rings. The van der Waals surface area contributed by atoms with E-state index in [9.17, 15) is 0 Å².